The molecule has 0 bridgehead atoms. The van der Waals surface area contributed by atoms with Gasteiger partial charge in [0.1, 0.15) is 5.00 Å². The maximum absolute atomic E-state index is 12.2. The smallest absolute Gasteiger partial charge is 0.341 e. The van der Waals surface area contributed by atoms with E-state index in [0.717, 1.165) is 11.3 Å². The molecule has 1 amide bonds. The Balaban J connectivity index is 2.13. The molecule has 2 aromatic rings. The lowest BCUT2D eigenvalue weighted by atomic mass is 10.1. The van der Waals surface area contributed by atoms with Crippen LogP contribution in [0.15, 0.2) is 24.3 Å². The van der Waals surface area contributed by atoms with E-state index in [0.29, 0.717) is 28.2 Å². The second kappa shape index (κ2) is 9.00. The molecule has 0 radical (unpaired) electrons. The molecule has 1 heterocycles. The van der Waals surface area contributed by atoms with E-state index in [4.69, 9.17) is 14.2 Å². The summed E-state index contributed by atoms with van der Waals surface area (Å²) >= 11 is 1.02. The SMILES string of the molecule is CCOC(=O)c1c(NC(=O)COc2ccccc2OC)sc(C=O)c1C. The van der Waals surface area contributed by atoms with Crippen molar-refractivity contribution in [2.24, 2.45) is 0 Å². The zero-order valence-corrected chi connectivity index (χ0v) is 15.5. The Morgan fingerprint density at radius 2 is 1.92 bits per heavy atom. The molecule has 1 N–H and O–H groups in total. The highest BCUT2D eigenvalue weighted by Crippen LogP contribution is 2.33. The number of amides is 1. The third-order valence-electron chi connectivity index (χ3n) is 3.45. The minimum Gasteiger partial charge on any atom is -0.493 e. The summed E-state index contributed by atoms with van der Waals surface area (Å²) in [5.74, 6) is -0.134. The summed E-state index contributed by atoms with van der Waals surface area (Å²) in [5.41, 5.74) is 0.661. The predicted molar refractivity (Wildman–Crippen MR) is 97.5 cm³/mol. The van der Waals surface area contributed by atoms with Crippen LogP contribution in [0.4, 0.5) is 5.00 Å². The van der Waals surface area contributed by atoms with E-state index < -0.39 is 11.9 Å². The van der Waals surface area contributed by atoms with Gasteiger partial charge in [-0.2, -0.15) is 0 Å². The maximum Gasteiger partial charge on any atom is 0.341 e. The molecule has 138 valence electrons. The van der Waals surface area contributed by atoms with Gasteiger partial charge < -0.3 is 19.5 Å². The lowest BCUT2D eigenvalue weighted by molar-refractivity contribution is -0.118. The summed E-state index contributed by atoms with van der Waals surface area (Å²) in [6, 6.07) is 6.93. The van der Waals surface area contributed by atoms with Crippen LogP contribution in [0, 0.1) is 6.92 Å². The monoisotopic (exact) mass is 377 g/mol. The van der Waals surface area contributed by atoms with Gasteiger partial charge in [-0.25, -0.2) is 4.79 Å². The van der Waals surface area contributed by atoms with Gasteiger partial charge in [-0.15, -0.1) is 11.3 Å². The molecule has 0 aliphatic rings. The normalized spacial score (nSPS) is 10.1. The van der Waals surface area contributed by atoms with E-state index in [2.05, 4.69) is 5.32 Å². The molecule has 0 saturated carbocycles. The van der Waals surface area contributed by atoms with Crippen molar-refractivity contribution in [1.82, 2.24) is 0 Å². The summed E-state index contributed by atoms with van der Waals surface area (Å²) in [6.45, 7) is 3.22. The molecule has 1 aromatic carbocycles. The Hall–Kier alpha value is -2.87. The number of rotatable bonds is 8. The van der Waals surface area contributed by atoms with Gasteiger partial charge in [-0.05, 0) is 31.5 Å². The molecule has 0 aliphatic carbocycles. The van der Waals surface area contributed by atoms with E-state index in [1.54, 1.807) is 38.1 Å². The van der Waals surface area contributed by atoms with Crippen LogP contribution in [0.25, 0.3) is 0 Å². The van der Waals surface area contributed by atoms with E-state index in [1.165, 1.54) is 7.11 Å². The van der Waals surface area contributed by atoms with Crippen LogP contribution in [0.5, 0.6) is 11.5 Å². The molecule has 0 unspecified atom stereocenters. The standard InChI is InChI=1S/C18H19NO6S/c1-4-24-18(22)16-11(2)14(9-20)26-17(16)19-15(21)10-25-13-8-6-5-7-12(13)23-3/h5-9H,4,10H2,1-3H3,(H,19,21). The average Bonchev–Trinajstić information content (AvgIpc) is 2.95. The van der Waals surface area contributed by atoms with E-state index in [9.17, 15) is 14.4 Å². The molecule has 0 saturated heterocycles. The van der Waals surface area contributed by atoms with Crippen molar-refractivity contribution in [3.05, 3.63) is 40.3 Å². The van der Waals surface area contributed by atoms with Crippen molar-refractivity contribution in [3.8, 4) is 11.5 Å². The number of hydrogen-bond donors (Lipinski definition) is 1. The number of aldehydes is 1. The summed E-state index contributed by atoms with van der Waals surface area (Å²) in [4.78, 5) is 35.8. The first kappa shape index (κ1) is 19.5. The van der Waals surface area contributed by atoms with E-state index in [1.807, 2.05) is 0 Å². The molecular formula is C18H19NO6S. The number of esters is 1. The van der Waals surface area contributed by atoms with Crippen molar-refractivity contribution in [2.45, 2.75) is 13.8 Å². The van der Waals surface area contributed by atoms with Gasteiger partial charge in [-0.3, -0.25) is 9.59 Å². The van der Waals surface area contributed by atoms with Crippen LogP contribution in [0.1, 0.15) is 32.5 Å². The second-order valence-electron chi connectivity index (χ2n) is 5.12. The molecule has 0 aliphatic heterocycles. The minimum absolute atomic E-state index is 0.185. The van der Waals surface area contributed by atoms with Crippen LogP contribution < -0.4 is 14.8 Å². The van der Waals surface area contributed by atoms with Crippen LogP contribution >= 0.6 is 11.3 Å². The van der Waals surface area contributed by atoms with Gasteiger partial charge in [0.05, 0.1) is 24.2 Å². The number of nitrogens with one attached hydrogen (secondary N) is 1. The van der Waals surface area contributed by atoms with Crippen LogP contribution in [0.3, 0.4) is 0 Å². The Bertz CT molecular complexity index is 814. The number of thiophene rings is 1. The van der Waals surface area contributed by atoms with Gasteiger partial charge in [0.15, 0.2) is 24.4 Å². The molecule has 0 fully saturated rings. The first-order valence-corrected chi connectivity index (χ1v) is 8.64. The van der Waals surface area contributed by atoms with Gasteiger partial charge in [0.25, 0.3) is 5.91 Å². The third kappa shape index (κ3) is 4.40. The van der Waals surface area contributed by atoms with Crippen molar-refractivity contribution < 1.29 is 28.6 Å². The number of ether oxygens (including phenoxy) is 3. The maximum atomic E-state index is 12.2. The van der Waals surface area contributed by atoms with E-state index >= 15 is 0 Å². The van der Waals surface area contributed by atoms with Gasteiger partial charge in [0, 0.05) is 0 Å². The van der Waals surface area contributed by atoms with Crippen LogP contribution in [0.2, 0.25) is 0 Å². The lowest BCUT2D eigenvalue weighted by Crippen LogP contribution is -2.21. The molecular weight excluding hydrogens is 358 g/mol. The summed E-state index contributed by atoms with van der Waals surface area (Å²) in [7, 11) is 1.50. The highest BCUT2D eigenvalue weighted by molar-refractivity contribution is 7.18. The molecule has 1 aromatic heterocycles. The molecule has 8 heteroatoms. The fraction of sp³-hybridized carbons (Fsp3) is 0.278. The number of methoxy groups -OCH3 is 1. The zero-order chi connectivity index (χ0) is 19.1. The molecule has 0 atom stereocenters. The fourth-order valence-electron chi connectivity index (χ4n) is 2.22. The second-order valence-corrected chi connectivity index (χ2v) is 6.17. The highest BCUT2D eigenvalue weighted by atomic mass is 32.1. The first-order chi connectivity index (χ1) is 12.5. The minimum atomic E-state index is -0.588. The number of carbonyl (C=O) groups excluding carboxylic acids is 3. The Labute approximate surface area is 154 Å². The Morgan fingerprint density at radius 3 is 2.54 bits per heavy atom. The molecule has 26 heavy (non-hydrogen) atoms. The zero-order valence-electron chi connectivity index (χ0n) is 14.7. The third-order valence-corrected chi connectivity index (χ3v) is 4.58. The van der Waals surface area contributed by atoms with Crippen molar-refractivity contribution in [3.63, 3.8) is 0 Å². The Morgan fingerprint density at radius 1 is 1.23 bits per heavy atom. The van der Waals surface area contributed by atoms with Crippen LogP contribution in [-0.2, 0) is 9.53 Å². The van der Waals surface area contributed by atoms with Crippen molar-refractivity contribution in [2.75, 3.05) is 25.6 Å². The largest absolute Gasteiger partial charge is 0.493 e. The van der Waals surface area contributed by atoms with E-state index in [-0.39, 0.29) is 23.8 Å². The number of para-hydroxylation sites is 2. The average molecular weight is 377 g/mol. The predicted octanol–water partition coefficient (Wildman–Crippen LogP) is 3.07. The van der Waals surface area contributed by atoms with Crippen LogP contribution in [-0.4, -0.2) is 38.5 Å². The fourth-order valence-corrected chi connectivity index (χ4v) is 3.25. The van der Waals surface area contributed by atoms with Crippen molar-refractivity contribution in [1.29, 1.82) is 0 Å². The number of benzene rings is 1. The molecule has 2 rings (SSSR count). The van der Waals surface area contributed by atoms with Crippen molar-refractivity contribution >= 4 is 34.5 Å². The summed E-state index contributed by atoms with van der Waals surface area (Å²) < 4.78 is 15.6. The first-order valence-electron chi connectivity index (χ1n) is 7.83. The number of carbonyl (C=O) groups is 3. The Kier molecular flexibility index (Phi) is 6.74. The lowest BCUT2D eigenvalue weighted by Gasteiger charge is -2.10. The van der Waals surface area contributed by atoms with Gasteiger partial charge >= 0.3 is 5.97 Å². The molecule has 7 nitrogen and oxygen atoms in total. The van der Waals surface area contributed by atoms with Gasteiger partial charge in [-0.1, -0.05) is 12.1 Å². The summed E-state index contributed by atoms with van der Waals surface area (Å²) in [6.07, 6.45) is 0.643. The van der Waals surface area contributed by atoms with Gasteiger partial charge in [0.2, 0.25) is 0 Å². The molecule has 0 spiro atoms. The number of hydrogen-bond acceptors (Lipinski definition) is 7. The highest BCUT2D eigenvalue weighted by Gasteiger charge is 2.23. The quantitative estimate of drug-likeness (QED) is 0.562. The summed E-state index contributed by atoms with van der Waals surface area (Å²) in [5, 5.41) is 2.87. The topological polar surface area (TPSA) is 90.9 Å². The number of anilines is 1.